The first-order chi connectivity index (χ1) is 12.5. The third kappa shape index (κ3) is 3.25. The smallest absolute Gasteiger partial charge is 0.191 e. The van der Waals surface area contributed by atoms with Crippen LogP contribution in [0.2, 0.25) is 0 Å². The van der Waals surface area contributed by atoms with Crippen molar-refractivity contribution in [2.45, 2.75) is 6.92 Å². The number of rotatable bonds is 5. The van der Waals surface area contributed by atoms with E-state index in [0.29, 0.717) is 17.1 Å². The number of aromatic amines is 1. The summed E-state index contributed by atoms with van der Waals surface area (Å²) in [4.78, 5) is 8.01. The second kappa shape index (κ2) is 7.06. The van der Waals surface area contributed by atoms with Gasteiger partial charge in [0, 0.05) is 22.3 Å². The highest BCUT2D eigenvalue weighted by molar-refractivity contribution is 5.94. The van der Waals surface area contributed by atoms with Gasteiger partial charge in [-0.05, 0) is 37.4 Å². The second-order valence-corrected chi connectivity index (χ2v) is 5.52. The van der Waals surface area contributed by atoms with Crippen LogP contribution in [-0.4, -0.2) is 20.2 Å². The van der Waals surface area contributed by atoms with Gasteiger partial charge in [0.2, 0.25) is 0 Å². The Morgan fingerprint density at radius 3 is 2.92 bits per heavy atom. The van der Waals surface area contributed by atoms with Gasteiger partial charge in [0.05, 0.1) is 11.7 Å². The van der Waals surface area contributed by atoms with Crippen molar-refractivity contribution >= 4 is 28.0 Å². The summed E-state index contributed by atoms with van der Waals surface area (Å²) in [5, 5.41) is 11.0. The van der Waals surface area contributed by atoms with Gasteiger partial charge in [-0.1, -0.05) is 12.6 Å². The number of H-pyrrole nitrogens is 1. The highest BCUT2D eigenvalue weighted by Crippen LogP contribution is 2.29. The summed E-state index contributed by atoms with van der Waals surface area (Å²) in [6.07, 6.45) is 6.20. The fourth-order valence-corrected chi connectivity index (χ4v) is 2.54. The first-order valence-electron chi connectivity index (χ1n) is 7.78. The lowest BCUT2D eigenvalue weighted by Crippen LogP contribution is -2.09. The first kappa shape index (κ1) is 17.2. The SMILES string of the molecule is C=C(Nc1cccc2[nH]ncc12)/C(=C\C=C/N)c1nc(C)nc(N)c1F. The van der Waals surface area contributed by atoms with E-state index >= 15 is 0 Å². The molecule has 2 heterocycles. The van der Waals surface area contributed by atoms with Gasteiger partial charge in [0.15, 0.2) is 11.6 Å². The molecule has 2 aromatic heterocycles. The largest absolute Gasteiger partial charge is 0.405 e. The minimum absolute atomic E-state index is 0.0463. The van der Waals surface area contributed by atoms with Crippen molar-refractivity contribution in [2.24, 2.45) is 5.73 Å². The summed E-state index contributed by atoms with van der Waals surface area (Å²) in [6.45, 7) is 5.66. The lowest BCUT2D eigenvalue weighted by molar-refractivity contribution is 0.612. The molecular formula is C18H18FN7. The Kier molecular flexibility index (Phi) is 4.66. The average molecular weight is 351 g/mol. The Morgan fingerprint density at radius 1 is 1.35 bits per heavy atom. The molecule has 0 radical (unpaired) electrons. The number of nitrogens with one attached hydrogen (secondary N) is 2. The van der Waals surface area contributed by atoms with E-state index in [1.54, 1.807) is 25.3 Å². The van der Waals surface area contributed by atoms with Gasteiger partial charge in [0.1, 0.15) is 11.5 Å². The van der Waals surface area contributed by atoms with E-state index in [4.69, 9.17) is 11.5 Å². The van der Waals surface area contributed by atoms with Gasteiger partial charge in [-0.3, -0.25) is 5.10 Å². The zero-order valence-corrected chi connectivity index (χ0v) is 14.1. The lowest BCUT2D eigenvalue weighted by atomic mass is 10.1. The quantitative estimate of drug-likeness (QED) is 0.525. The van der Waals surface area contributed by atoms with E-state index in [1.807, 2.05) is 18.2 Å². The molecule has 0 saturated carbocycles. The molecule has 0 bridgehead atoms. The topological polar surface area (TPSA) is 119 Å². The van der Waals surface area contributed by atoms with E-state index in [9.17, 15) is 4.39 Å². The molecule has 0 atom stereocenters. The van der Waals surface area contributed by atoms with Crippen LogP contribution in [0, 0.1) is 12.7 Å². The summed E-state index contributed by atoms with van der Waals surface area (Å²) in [6, 6.07) is 5.64. The van der Waals surface area contributed by atoms with Crippen molar-refractivity contribution < 1.29 is 4.39 Å². The fraction of sp³-hybridized carbons (Fsp3) is 0.0556. The lowest BCUT2D eigenvalue weighted by Gasteiger charge is -2.15. The molecular weight excluding hydrogens is 333 g/mol. The highest BCUT2D eigenvalue weighted by Gasteiger charge is 2.17. The highest BCUT2D eigenvalue weighted by atomic mass is 19.1. The fourth-order valence-electron chi connectivity index (χ4n) is 2.54. The second-order valence-electron chi connectivity index (χ2n) is 5.52. The minimum atomic E-state index is -0.711. The maximum Gasteiger partial charge on any atom is 0.191 e. The van der Waals surface area contributed by atoms with Crippen LogP contribution in [0.3, 0.4) is 0 Å². The van der Waals surface area contributed by atoms with Crippen molar-refractivity contribution in [3.05, 3.63) is 72.4 Å². The standard InChI is InChI=1S/C18H18FN7/c1-10(23-14-6-3-7-15-13(14)9-22-26-15)12(5-4-8-20)17-16(19)18(21)25-11(2)24-17/h3-9,23H,1,20H2,2H3,(H,22,26)(H2,21,24,25)/b8-4-,12-5+. The van der Waals surface area contributed by atoms with Crippen molar-refractivity contribution in [2.75, 3.05) is 11.1 Å². The van der Waals surface area contributed by atoms with Crippen LogP contribution < -0.4 is 16.8 Å². The molecule has 6 N–H and O–H groups in total. The number of nitrogens with two attached hydrogens (primary N) is 2. The maximum atomic E-state index is 14.5. The van der Waals surface area contributed by atoms with Gasteiger partial charge in [-0.2, -0.15) is 5.10 Å². The number of benzene rings is 1. The van der Waals surface area contributed by atoms with Crippen LogP contribution in [0.15, 0.2) is 55.0 Å². The molecule has 3 rings (SSSR count). The number of anilines is 2. The number of nitrogen functional groups attached to an aromatic ring is 1. The molecule has 1 aromatic carbocycles. The number of fused-ring (bicyclic) bond motifs is 1. The Balaban J connectivity index is 2.04. The molecule has 3 aromatic rings. The molecule has 0 amide bonds. The van der Waals surface area contributed by atoms with Crippen LogP contribution in [-0.2, 0) is 0 Å². The molecule has 0 unspecified atom stereocenters. The molecule has 0 aliphatic heterocycles. The zero-order valence-electron chi connectivity index (χ0n) is 14.1. The average Bonchev–Trinajstić information content (AvgIpc) is 3.09. The van der Waals surface area contributed by atoms with Crippen LogP contribution in [0.25, 0.3) is 16.5 Å². The summed E-state index contributed by atoms with van der Waals surface area (Å²) >= 11 is 0. The Hall–Kier alpha value is -3.68. The molecule has 0 spiro atoms. The summed E-state index contributed by atoms with van der Waals surface area (Å²) in [5.41, 5.74) is 13.6. The van der Waals surface area contributed by atoms with Gasteiger partial charge in [-0.25, -0.2) is 14.4 Å². The molecule has 7 nitrogen and oxygen atoms in total. The number of hydrogen-bond donors (Lipinski definition) is 4. The normalized spacial score (nSPS) is 12.0. The van der Waals surface area contributed by atoms with Crippen molar-refractivity contribution in [1.82, 2.24) is 20.2 Å². The zero-order chi connectivity index (χ0) is 18.7. The predicted octanol–water partition coefficient (Wildman–Crippen LogP) is 2.86. The van der Waals surface area contributed by atoms with Gasteiger partial charge >= 0.3 is 0 Å². The Morgan fingerprint density at radius 2 is 2.15 bits per heavy atom. The third-order valence-corrected chi connectivity index (χ3v) is 3.71. The molecule has 0 saturated heterocycles. The van der Waals surface area contributed by atoms with Gasteiger partial charge < -0.3 is 16.8 Å². The maximum absolute atomic E-state index is 14.5. The minimum Gasteiger partial charge on any atom is -0.405 e. The van der Waals surface area contributed by atoms with Crippen molar-refractivity contribution in [3.8, 4) is 0 Å². The van der Waals surface area contributed by atoms with E-state index in [2.05, 4.69) is 32.1 Å². The number of allylic oxidation sites excluding steroid dienone is 3. The van der Waals surface area contributed by atoms with Crippen LogP contribution in [0.4, 0.5) is 15.9 Å². The number of halogens is 1. The number of aryl methyl sites for hydroxylation is 1. The predicted molar refractivity (Wildman–Crippen MR) is 101 cm³/mol. The molecule has 0 aliphatic rings. The number of nitrogens with zero attached hydrogens (tertiary/aromatic N) is 3. The summed E-state index contributed by atoms with van der Waals surface area (Å²) < 4.78 is 14.5. The van der Waals surface area contributed by atoms with Crippen molar-refractivity contribution in [1.29, 1.82) is 0 Å². The Labute approximate surface area is 149 Å². The van der Waals surface area contributed by atoms with Gasteiger partial charge in [-0.15, -0.1) is 0 Å². The Bertz CT molecular complexity index is 1030. The van der Waals surface area contributed by atoms with E-state index in [-0.39, 0.29) is 11.5 Å². The van der Waals surface area contributed by atoms with Crippen LogP contribution in [0.1, 0.15) is 11.5 Å². The molecule has 132 valence electrons. The third-order valence-electron chi connectivity index (χ3n) is 3.71. The molecule has 0 fully saturated rings. The number of aromatic nitrogens is 4. The van der Waals surface area contributed by atoms with Crippen molar-refractivity contribution in [3.63, 3.8) is 0 Å². The summed E-state index contributed by atoms with van der Waals surface area (Å²) in [7, 11) is 0. The monoisotopic (exact) mass is 351 g/mol. The van der Waals surface area contributed by atoms with Crippen LogP contribution >= 0.6 is 0 Å². The molecule has 26 heavy (non-hydrogen) atoms. The molecule has 8 heteroatoms. The van der Waals surface area contributed by atoms with E-state index in [0.717, 1.165) is 16.6 Å². The molecule has 0 aliphatic carbocycles. The summed E-state index contributed by atoms with van der Waals surface area (Å²) in [5.74, 6) is -0.581. The first-order valence-corrected chi connectivity index (χ1v) is 7.78. The van der Waals surface area contributed by atoms with E-state index in [1.165, 1.54) is 6.20 Å². The van der Waals surface area contributed by atoms with E-state index < -0.39 is 5.82 Å². The van der Waals surface area contributed by atoms with Crippen LogP contribution in [0.5, 0.6) is 0 Å². The van der Waals surface area contributed by atoms with Gasteiger partial charge in [0.25, 0.3) is 0 Å². The number of hydrogen-bond acceptors (Lipinski definition) is 6.